The van der Waals surface area contributed by atoms with Gasteiger partial charge in [0.1, 0.15) is 0 Å². The Hall–Kier alpha value is -0.720. The molecule has 76 valence electrons. The summed E-state index contributed by atoms with van der Waals surface area (Å²) in [6, 6.07) is 0. The van der Waals surface area contributed by atoms with Crippen LogP contribution >= 0.6 is 0 Å². The average molecular weight is 181 g/mol. The lowest BCUT2D eigenvalue weighted by atomic mass is 9.95. The van der Waals surface area contributed by atoms with Crippen LogP contribution in [0, 0.1) is 11.3 Å². The quantitative estimate of drug-likeness (QED) is 0.656. The molecule has 0 aromatic carbocycles. The number of allylic oxidation sites excluding steroid dienone is 1. The minimum absolute atomic E-state index is 0.303. The minimum Gasteiger partial charge on any atom is -0.388 e. The smallest absolute Gasteiger partial charge is 0.0192 e. The molecule has 0 aliphatic rings. The first-order chi connectivity index (χ1) is 5.74. The van der Waals surface area contributed by atoms with E-state index in [-0.39, 0.29) is 0 Å². The summed E-state index contributed by atoms with van der Waals surface area (Å²) in [5, 5.41) is 3.35. The summed E-state index contributed by atoms with van der Waals surface area (Å²) in [7, 11) is 0. The molecule has 0 aliphatic carbocycles. The molecule has 0 saturated heterocycles. The van der Waals surface area contributed by atoms with E-state index < -0.39 is 0 Å². The van der Waals surface area contributed by atoms with E-state index in [4.69, 9.17) is 0 Å². The topological polar surface area (TPSA) is 12.0 Å². The maximum absolute atomic E-state index is 4.01. The molecule has 0 saturated carbocycles. The van der Waals surface area contributed by atoms with E-state index in [1.807, 2.05) is 6.92 Å². The van der Waals surface area contributed by atoms with Crippen molar-refractivity contribution in [2.75, 3.05) is 6.54 Å². The van der Waals surface area contributed by atoms with Gasteiger partial charge in [0.2, 0.25) is 0 Å². The van der Waals surface area contributed by atoms with Gasteiger partial charge < -0.3 is 5.32 Å². The summed E-state index contributed by atoms with van der Waals surface area (Å²) in [5.74, 6) is 0.363. The second-order valence-electron chi connectivity index (χ2n) is 5.01. The van der Waals surface area contributed by atoms with Crippen LogP contribution in [0.3, 0.4) is 0 Å². The predicted octanol–water partition coefficient (Wildman–Crippen LogP) is 3.35. The largest absolute Gasteiger partial charge is 0.388 e. The van der Waals surface area contributed by atoms with Crippen LogP contribution in [0.15, 0.2) is 24.4 Å². The Morgan fingerprint density at radius 1 is 1.31 bits per heavy atom. The van der Waals surface area contributed by atoms with Crippen molar-refractivity contribution in [3.8, 4) is 0 Å². The minimum atomic E-state index is 0.303. The predicted molar refractivity (Wildman–Crippen MR) is 60.6 cm³/mol. The molecule has 0 heterocycles. The molecule has 0 radical (unpaired) electrons. The molecule has 1 unspecified atom stereocenters. The van der Waals surface area contributed by atoms with Crippen molar-refractivity contribution >= 4 is 0 Å². The molecule has 1 nitrogen and oxygen atoms in total. The van der Waals surface area contributed by atoms with Crippen molar-refractivity contribution < 1.29 is 0 Å². The van der Waals surface area contributed by atoms with E-state index in [0.717, 1.165) is 17.8 Å². The average Bonchev–Trinajstić information content (AvgIpc) is 1.97. The van der Waals surface area contributed by atoms with Crippen molar-refractivity contribution in [1.29, 1.82) is 0 Å². The molecule has 0 aromatic heterocycles. The third-order valence-corrected chi connectivity index (χ3v) is 2.11. The normalized spacial score (nSPS) is 13.6. The Morgan fingerprint density at radius 2 is 1.77 bits per heavy atom. The van der Waals surface area contributed by atoms with Gasteiger partial charge in [-0.3, -0.25) is 0 Å². The van der Waals surface area contributed by atoms with E-state index in [9.17, 15) is 0 Å². The maximum atomic E-state index is 4.01. The van der Waals surface area contributed by atoms with Crippen LogP contribution < -0.4 is 5.32 Å². The van der Waals surface area contributed by atoms with Gasteiger partial charge in [0, 0.05) is 18.2 Å². The molecule has 13 heavy (non-hydrogen) atoms. The molecule has 1 heteroatoms. The summed E-state index contributed by atoms with van der Waals surface area (Å²) in [4.78, 5) is 0. The van der Waals surface area contributed by atoms with E-state index in [0.29, 0.717) is 11.3 Å². The van der Waals surface area contributed by atoms with Crippen LogP contribution in [0.1, 0.15) is 34.6 Å². The first kappa shape index (κ1) is 12.3. The lowest BCUT2D eigenvalue weighted by Crippen LogP contribution is -2.28. The summed E-state index contributed by atoms with van der Waals surface area (Å²) >= 11 is 0. The van der Waals surface area contributed by atoms with Crippen LogP contribution in [0.2, 0.25) is 0 Å². The number of nitrogens with one attached hydrogen (secondary N) is 1. The SMILES string of the molecule is C=C(C)C(C)C(=C)NCC(C)(C)C. The van der Waals surface area contributed by atoms with Gasteiger partial charge in [0.25, 0.3) is 0 Å². The van der Waals surface area contributed by atoms with Crippen LogP contribution in [0.4, 0.5) is 0 Å². The van der Waals surface area contributed by atoms with Gasteiger partial charge >= 0.3 is 0 Å². The maximum Gasteiger partial charge on any atom is 0.0192 e. The van der Waals surface area contributed by atoms with Crippen LogP contribution in [-0.4, -0.2) is 6.54 Å². The summed E-state index contributed by atoms with van der Waals surface area (Å²) in [6.07, 6.45) is 0. The third kappa shape index (κ3) is 5.51. The standard InChI is InChI=1S/C12H23N/c1-9(2)10(3)11(4)13-8-12(5,6)7/h10,13H,1,4,8H2,2-3,5-7H3. The fourth-order valence-corrected chi connectivity index (χ4v) is 0.829. The van der Waals surface area contributed by atoms with Crippen molar-refractivity contribution in [3.05, 3.63) is 24.4 Å². The van der Waals surface area contributed by atoms with E-state index in [2.05, 4.69) is 46.2 Å². The highest BCUT2D eigenvalue weighted by molar-refractivity contribution is 5.11. The lowest BCUT2D eigenvalue weighted by molar-refractivity contribution is 0.390. The van der Waals surface area contributed by atoms with Gasteiger partial charge in [-0.25, -0.2) is 0 Å². The highest BCUT2D eigenvalue weighted by atomic mass is 14.9. The van der Waals surface area contributed by atoms with Gasteiger partial charge in [0.05, 0.1) is 0 Å². The van der Waals surface area contributed by atoms with Crippen LogP contribution in [0.5, 0.6) is 0 Å². The van der Waals surface area contributed by atoms with E-state index >= 15 is 0 Å². The molecule has 0 spiro atoms. The Kier molecular flexibility index (Phi) is 4.25. The number of hydrogen-bond donors (Lipinski definition) is 1. The first-order valence-corrected chi connectivity index (χ1v) is 4.82. The Labute approximate surface area is 82.9 Å². The fraction of sp³-hybridized carbons (Fsp3) is 0.667. The molecule has 0 amide bonds. The van der Waals surface area contributed by atoms with Crippen LogP contribution in [0.25, 0.3) is 0 Å². The number of hydrogen-bond acceptors (Lipinski definition) is 1. The first-order valence-electron chi connectivity index (χ1n) is 4.82. The zero-order chi connectivity index (χ0) is 10.6. The van der Waals surface area contributed by atoms with Gasteiger partial charge in [-0.2, -0.15) is 0 Å². The zero-order valence-corrected chi connectivity index (χ0v) is 9.70. The highest BCUT2D eigenvalue weighted by Gasteiger charge is 2.12. The van der Waals surface area contributed by atoms with Crippen molar-refractivity contribution in [3.63, 3.8) is 0 Å². The van der Waals surface area contributed by atoms with Crippen LogP contribution in [-0.2, 0) is 0 Å². The van der Waals surface area contributed by atoms with Crippen molar-refractivity contribution in [2.24, 2.45) is 11.3 Å². The monoisotopic (exact) mass is 181 g/mol. The Bertz CT molecular complexity index is 196. The highest BCUT2D eigenvalue weighted by Crippen LogP contribution is 2.16. The van der Waals surface area contributed by atoms with Gasteiger partial charge in [-0.1, -0.05) is 46.4 Å². The molecular weight excluding hydrogens is 158 g/mol. The summed E-state index contributed by atoms with van der Waals surface area (Å²) in [6.45, 7) is 19.7. The molecular formula is C12H23N. The molecule has 0 bridgehead atoms. The molecule has 0 rings (SSSR count). The third-order valence-electron chi connectivity index (χ3n) is 2.11. The summed E-state index contributed by atoms with van der Waals surface area (Å²) < 4.78 is 0. The van der Waals surface area contributed by atoms with Gasteiger partial charge in [-0.05, 0) is 12.3 Å². The number of rotatable bonds is 4. The second-order valence-corrected chi connectivity index (χ2v) is 5.01. The lowest BCUT2D eigenvalue weighted by Gasteiger charge is -2.23. The Balaban J connectivity index is 3.96. The summed E-state index contributed by atoms with van der Waals surface area (Å²) in [5.41, 5.74) is 2.53. The fourth-order valence-electron chi connectivity index (χ4n) is 0.829. The molecule has 1 atom stereocenters. The van der Waals surface area contributed by atoms with E-state index in [1.165, 1.54) is 0 Å². The molecule has 1 N–H and O–H groups in total. The Morgan fingerprint density at radius 3 is 2.08 bits per heavy atom. The van der Waals surface area contributed by atoms with Crippen molar-refractivity contribution in [2.45, 2.75) is 34.6 Å². The zero-order valence-electron chi connectivity index (χ0n) is 9.70. The molecule has 0 fully saturated rings. The molecule has 0 aromatic rings. The van der Waals surface area contributed by atoms with Gasteiger partial charge in [0.15, 0.2) is 0 Å². The van der Waals surface area contributed by atoms with E-state index in [1.54, 1.807) is 0 Å². The van der Waals surface area contributed by atoms with Crippen molar-refractivity contribution in [1.82, 2.24) is 5.32 Å². The van der Waals surface area contributed by atoms with Gasteiger partial charge in [-0.15, -0.1) is 0 Å². The second kappa shape index (κ2) is 4.50. The molecule has 0 aliphatic heterocycles.